The highest BCUT2D eigenvalue weighted by Crippen LogP contribution is 2.24. The Morgan fingerprint density at radius 1 is 1.32 bits per heavy atom. The fourth-order valence-electron chi connectivity index (χ4n) is 3.10. The number of carbonyl (C=O) groups excluding carboxylic acids is 1. The van der Waals surface area contributed by atoms with E-state index in [4.69, 9.17) is 5.11 Å². The van der Waals surface area contributed by atoms with Crippen molar-refractivity contribution in [2.45, 2.75) is 38.3 Å². The van der Waals surface area contributed by atoms with E-state index in [0.29, 0.717) is 25.6 Å². The van der Waals surface area contributed by atoms with Crippen molar-refractivity contribution in [3.8, 4) is 0 Å². The molecular formula is C13H23N3O3. The Morgan fingerprint density at radius 2 is 2.05 bits per heavy atom. The Bertz CT molecular complexity index is 361. The lowest BCUT2D eigenvalue weighted by atomic mass is 10.0. The summed E-state index contributed by atoms with van der Waals surface area (Å²) >= 11 is 0. The Labute approximate surface area is 113 Å². The third-order valence-corrected chi connectivity index (χ3v) is 4.49. The number of carbonyl (C=O) groups is 2. The summed E-state index contributed by atoms with van der Waals surface area (Å²) in [5.74, 6) is -1.24. The van der Waals surface area contributed by atoms with Gasteiger partial charge < -0.3 is 20.2 Å². The maximum Gasteiger partial charge on any atom is 0.317 e. The first-order valence-corrected chi connectivity index (χ1v) is 6.98. The molecule has 2 rings (SSSR count). The molecule has 3 atom stereocenters. The van der Waals surface area contributed by atoms with Gasteiger partial charge in [-0.1, -0.05) is 0 Å². The van der Waals surface area contributed by atoms with Crippen LogP contribution in [0.3, 0.4) is 0 Å². The molecule has 108 valence electrons. The smallest absolute Gasteiger partial charge is 0.317 e. The number of hydrogen-bond donors (Lipinski definition) is 2. The van der Waals surface area contributed by atoms with Crippen LogP contribution in [0.15, 0.2) is 0 Å². The highest BCUT2D eigenvalue weighted by atomic mass is 16.4. The molecule has 0 aromatic heterocycles. The van der Waals surface area contributed by atoms with Gasteiger partial charge in [-0.3, -0.25) is 4.79 Å². The number of aliphatic carboxylic acids is 1. The molecule has 2 heterocycles. The second kappa shape index (κ2) is 5.77. The fourth-order valence-corrected chi connectivity index (χ4v) is 3.10. The third-order valence-electron chi connectivity index (χ3n) is 4.49. The summed E-state index contributed by atoms with van der Waals surface area (Å²) in [6.45, 7) is 4.08. The molecule has 2 aliphatic rings. The summed E-state index contributed by atoms with van der Waals surface area (Å²) in [6.07, 6.45) is 2.84. The highest BCUT2D eigenvalue weighted by molar-refractivity contribution is 5.78. The van der Waals surface area contributed by atoms with Crippen molar-refractivity contribution in [3.05, 3.63) is 0 Å². The Kier molecular flexibility index (Phi) is 4.29. The van der Waals surface area contributed by atoms with Crippen LogP contribution in [0.1, 0.15) is 26.2 Å². The molecule has 0 aliphatic carbocycles. The van der Waals surface area contributed by atoms with Gasteiger partial charge in [-0.2, -0.15) is 0 Å². The van der Waals surface area contributed by atoms with Gasteiger partial charge in [-0.05, 0) is 39.8 Å². The second-order valence-corrected chi connectivity index (χ2v) is 5.63. The molecule has 2 fully saturated rings. The number of likely N-dealkylation sites (N-methyl/N-ethyl adjacent to an activating group) is 1. The van der Waals surface area contributed by atoms with Crippen molar-refractivity contribution in [1.29, 1.82) is 0 Å². The van der Waals surface area contributed by atoms with Crippen molar-refractivity contribution in [3.63, 3.8) is 0 Å². The lowest BCUT2D eigenvalue weighted by Crippen LogP contribution is -2.47. The quantitative estimate of drug-likeness (QED) is 0.786. The minimum Gasteiger partial charge on any atom is -0.481 e. The summed E-state index contributed by atoms with van der Waals surface area (Å²) < 4.78 is 0. The molecule has 2 aliphatic heterocycles. The third kappa shape index (κ3) is 3.00. The van der Waals surface area contributed by atoms with Gasteiger partial charge in [-0.15, -0.1) is 0 Å². The number of hydrogen-bond acceptors (Lipinski definition) is 3. The lowest BCUT2D eigenvalue weighted by Gasteiger charge is -2.26. The first-order valence-electron chi connectivity index (χ1n) is 6.98. The van der Waals surface area contributed by atoms with Crippen LogP contribution in [0.5, 0.6) is 0 Å². The van der Waals surface area contributed by atoms with E-state index in [1.807, 2.05) is 6.92 Å². The maximum absolute atomic E-state index is 12.1. The van der Waals surface area contributed by atoms with Crippen molar-refractivity contribution in [1.82, 2.24) is 15.1 Å². The number of nitrogens with zero attached hydrogens (tertiary/aromatic N) is 2. The van der Waals surface area contributed by atoms with Crippen LogP contribution in [0.2, 0.25) is 0 Å². The molecule has 0 spiro atoms. The number of urea groups is 1. The van der Waals surface area contributed by atoms with Gasteiger partial charge in [0.1, 0.15) is 0 Å². The van der Waals surface area contributed by atoms with Gasteiger partial charge in [-0.25, -0.2) is 4.79 Å². The number of carboxylic acid groups (broad SMARTS) is 1. The minimum absolute atomic E-state index is 0.128. The number of nitrogens with one attached hydrogen (secondary N) is 1. The fraction of sp³-hybridized carbons (Fsp3) is 0.846. The van der Waals surface area contributed by atoms with Crippen LogP contribution >= 0.6 is 0 Å². The average Bonchev–Trinajstić information content (AvgIpc) is 2.92. The highest BCUT2D eigenvalue weighted by Gasteiger charge is 2.38. The van der Waals surface area contributed by atoms with Crippen molar-refractivity contribution in [2.75, 3.05) is 26.7 Å². The van der Waals surface area contributed by atoms with Crippen LogP contribution in [0, 0.1) is 5.92 Å². The zero-order valence-corrected chi connectivity index (χ0v) is 11.6. The average molecular weight is 269 g/mol. The van der Waals surface area contributed by atoms with Crippen molar-refractivity contribution >= 4 is 12.0 Å². The number of rotatable bonds is 3. The predicted octanol–water partition coefficient (Wildman–Crippen LogP) is 0.585. The number of carboxylic acids is 1. The van der Waals surface area contributed by atoms with Crippen LogP contribution in [-0.4, -0.2) is 65.7 Å². The molecule has 0 saturated carbocycles. The van der Waals surface area contributed by atoms with Gasteiger partial charge in [0.25, 0.3) is 0 Å². The van der Waals surface area contributed by atoms with E-state index in [-0.39, 0.29) is 12.1 Å². The summed E-state index contributed by atoms with van der Waals surface area (Å²) in [7, 11) is 2.07. The molecule has 2 saturated heterocycles. The van der Waals surface area contributed by atoms with E-state index >= 15 is 0 Å². The summed E-state index contributed by atoms with van der Waals surface area (Å²) in [6, 6.07) is 0.0625. The van der Waals surface area contributed by atoms with E-state index in [2.05, 4.69) is 17.3 Å². The summed E-state index contributed by atoms with van der Waals surface area (Å²) in [5, 5.41) is 12.0. The van der Waals surface area contributed by atoms with E-state index < -0.39 is 11.9 Å². The molecule has 3 unspecified atom stereocenters. The molecule has 2 N–H and O–H groups in total. The monoisotopic (exact) mass is 269 g/mol. The molecule has 19 heavy (non-hydrogen) atoms. The normalized spacial score (nSPS) is 31.7. The Balaban J connectivity index is 1.82. The van der Waals surface area contributed by atoms with E-state index in [1.165, 1.54) is 6.42 Å². The van der Waals surface area contributed by atoms with E-state index in [9.17, 15) is 9.59 Å². The molecule has 0 aromatic carbocycles. The Morgan fingerprint density at radius 3 is 2.58 bits per heavy atom. The molecule has 2 amide bonds. The van der Waals surface area contributed by atoms with Crippen LogP contribution in [0.4, 0.5) is 4.79 Å². The van der Waals surface area contributed by atoms with Gasteiger partial charge >= 0.3 is 12.0 Å². The largest absolute Gasteiger partial charge is 0.481 e. The molecule has 0 bridgehead atoms. The van der Waals surface area contributed by atoms with E-state index in [0.717, 1.165) is 13.0 Å². The zero-order chi connectivity index (χ0) is 14.0. The standard InChI is InChI=1S/C13H23N3O3/c1-9-11(12(17)18)5-7-16(9)13(19)14-8-10-4-3-6-15(10)2/h9-11H,3-8H2,1-2H3,(H,14,19)(H,17,18). The molecule has 0 aromatic rings. The lowest BCUT2D eigenvalue weighted by molar-refractivity contribution is -0.142. The van der Waals surface area contributed by atoms with E-state index in [1.54, 1.807) is 4.90 Å². The number of amides is 2. The van der Waals surface area contributed by atoms with Gasteiger partial charge in [0.2, 0.25) is 0 Å². The minimum atomic E-state index is -0.807. The molecular weight excluding hydrogens is 246 g/mol. The molecule has 6 heteroatoms. The van der Waals surface area contributed by atoms with Crippen LogP contribution < -0.4 is 5.32 Å². The second-order valence-electron chi connectivity index (χ2n) is 5.63. The zero-order valence-electron chi connectivity index (χ0n) is 11.6. The number of likely N-dealkylation sites (tertiary alicyclic amines) is 2. The van der Waals surface area contributed by atoms with Crippen molar-refractivity contribution in [2.24, 2.45) is 5.92 Å². The van der Waals surface area contributed by atoms with Gasteiger partial charge in [0.05, 0.1) is 5.92 Å². The maximum atomic E-state index is 12.1. The van der Waals surface area contributed by atoms with Gasteiger partial charge in [0, 0.05) is 25.2 Å². The van der Waals surface area contributed by atoms with Crippen LogP contribution in [0.25, 0.3) is 0 Å². The first kappa shape index (κ1) is 14.1. The topological polar surface area (TPSA) is 72.9 Å². The first-order chi connectivity index (χ1) is 9.00. The van der Waals surface area contributed by atoms with Crippen LogP contribution in [-0.2, 0) is 4.79 Å². The molecule has 0 radical (unpaired) electrons. The molecule has 6 nitrogen and oxygen atoms in total. The SMILES string of the molecule is CC1C(C(=O)O)CCN1C(=O)NCC1CCCN1C. The summed E-state index contributed by atoms with van der Waals surface area (Å²) in [4.78, 5) is 27.0. The predicted molar refractivity (Wildman–Crippen MR) is 71.0 cm³/mol. The van der Waals surface area contributed by atoms with Crippen molar-refractivity contribution < 1.29 is 14.7 Å². The van der Waals surface area contributed by atoms with Gasteiger partial charge in [0.15, 0.2) is 0 Å². The summed E-state index contributed by atoms with van der Waals surface area (Å²) in [5.41, 5.74) is 0. The Hall–Kier alpha value is -1.30.